The van der Waals surface area contributed by atoms with Crippen LogP contribution in [0.4, 0.5) is 13.2 Å². The van der Waals surface area contributed by atoms with E-state index in [1.807, 2.05) is 20.8 Å². The molecule has 0 aliphatic heterocycles. The number of Topliss-reactive ketones (excluding diaryl/α,β-unsaturated/α-hetero) is 2. The van der Waals surface area contributed by atoms with Gasteiger partial charge in [0.15, 0.2) is 11.4 Å². The first kappa shape index (κ1) is 30.5. The van der Waals surface area contributed by atoms with Gasteiger partial charge in [0.1, 0.15) is 22.8 Å². The molecule has 4 rings (SSSR count). The second kappa shape index (κ2) is 9.85. The molecule has 3 aliphatic rings. The van der Waals surface area contributed by atoms with Crippen LogP contribution in [0, 0.1) is 11.8 Å². The van der Waals surface area contributed by atoms with Crippen molar-refractivity contribution in [3.63, 3.8) is 0 Å². The third-order valence-electron chi connectivity index (χ3n) is 8.73. The Morgan fingerprint density at radius 2 is 1.80 bits per heavy atom. The van der Waals surface area contributed by atoms with E-state index in [2.05, 4.69) is 5.32 Å². The number of aliphatic hydroxyl groups is 3. The summed E-state index contributed by atoms with van der Waals surface area (Å²) in [6.07, 6.45) is -5.05. The molecule has 0 radical (unpaired) electrons. The largest absolute Gasteiger partial charge is 0.508 e. The van der Waals surface area contributed by atoms with Gasteiger partial charge in [-0.1, -0.05) is 6.92 Å². The van der Waals surface area contributed by atoms with Crippen LogP contribution in [0.1, 0.15) is 55.9 Å². The van der Waals surface area contributed by atoms with E-state index in [1.165, 1.54) is 19.0 Å². The fraction of sp³-hybridized carbons (Fsp3) is 0.536. The van der Waals surface area contributed by atoms with Gasteiger partial charge in [-0.3, -0.25) is 19.3 Å². The quantitative estimate of drug-likeness (QED) is 0.276. The molecular formula is C28H34F3N3O7. The zero-order valence-corrected chi connectivity index (χ0v) is 23.3. The van der Waals surface area contributed by atoms with Crippen LogP contribution < -0.4 is 11.1 Å². The highest BCUT2D eigenvalue weighted by Gasteiger charge is 2.64. The van der Waals surface area contributed by atoms with Crippen LogP contribution in [-0.2, 0) is 33.5 Å². The van der Waals surface area contributed by atoms with Gasteiger partial charge in [0, 0.05) is 23.6 Å². The molecule has 0 bridgehead atoms. The highest BCUT2D eigenvalue weighted by molar-refractivity contribution is 6.24. The van der Waals surface area contributed by atoms with Crippen LogP contribution in [0.25, 0.3) is 5.76 Å². The third kappa shape index (κ3) is 4.59. The predicted octanol–water partition coefficient (Wildman–Crippen LogP) is 2.26. The number of nitrogens with two attached hydrogens (primary N) is 1. The van der Waals surface area contributed by atoms with Gasteiger partial charge in [-0.2, -0.15) is 13.2 Å². The Morgan fingerprint density at radius 1 is 1.20 bits per heavy atom. The molecule has 0 heterocycles. The molecule has 1 aromatic rings. The van der Waals surface area contributed by atoms with Crippen LogP contribution in [0.15, 0.2) is 23.0 Å². The number of nitrogens with one attached hydrogen (secondary N) is 1. The summed E-state index contributed by atoms with van der Waals surface area (Å²) < 4.78 is 43.7. The molecule has 4 atom stereocenters. The maximum absolute atomic E-state index is 14.6. The standard InChI is InChI=1S/C28H34F3N3O7/c1-6-26(2,3)33-10-12-9-15(35)17-13(19(12)28(29,30)31)7-11-8-14-20(34(4)5)22(37)18(25(32)40)24(39)27(14,41)23(38)16(11)21(17)36/h9,11,14,20,33,35-36,39,41H,6-8,10H2,1-5H3,(H2,32,40)/t11-,14-,20-,27-/m0/s1. The van der Waals surface area contributed by atoms with Crippen molar-refractivity contribution < 1.29 is 48.0 Å². The molecule has 1 aromatic carbocycles. The number of ketones is 2. The normalized spacial score (nSPS) is 26.7. The Hall–Kier alpha value is -3.42. The summed E-state index contributed by atoms with van der Waals surface area (Å²) in [5.41, 5.74) is -1.93. The number of aliphatic hydroxyl groups excluding tert-OH is 2. The van der Waals surface area contributed by atoms with Gasteiger partial charge in [-0.15, -0.1) is 0 Å². The Bertz CT molecular complexity index is 1410. The number of nitrogens with zero attached hydrogens (tertiary/aromatic N) is 1. The van der Waals surface area contributed by atoms with Crippen LogP contribution in [0.3, 0.4) is 0 Å². The van der Waals surface area contributed by atoms with Crippen molar-refractivity contribution >= 4 is 23.2 Å². The number of hydrogen-bond acceptors (Lipinski definition) is 9. The van der Waals surface area contributed by atoms with E-state index in [-0.39, 0.29) is 18.5 Å². The summed E-state index contributed by atoms with van der Waals surface area (Å²) in [6.45, 7) is 5.25. The molecule has 7 N–H and O–H groups in total. The molecule has 224 valence electrons. The number of aromatic hydroxyl groups is 1. The Morgan fingerprint density at radius 3 is 2.32 bits per heavy atom. The van der Waals surface area contributed by atoms with Crippen LogP contribution in [0.5, 0.6) is 5.75 Å². The Balaban J connectivity index is 1.96. The lowest BCUT2D eigenvalue weighted by molar-refractivity contribution is -0.153. The van der Waals surface area contributed by atoms with Crippen LogP contribution >= 0.6 is 0 Å². The summed E-state index contributed by atoms with van der Waals surface area (Å²) in [5.74, 6) is -9.07. The Labute approximate surface area is 234 Å². The monoisotopic (exact) mass is 581 g/mol. The number of phenolic OH excluding ortho intramolecular Hbond substituents is 1. The van der Waals surface area contributed by atoms with Crippen molar-refractivity contribution in [1.29, 1.82) is 0 Å². The first-order chi connectivity index (χ1) is 18.8. The summed E-state index contributed by atoms with van der Waals surface area (Å²) in [4.78, 5) is 40.4. The number of alkyl halides is 3. The molecule has 41 heavy (non-hydrogen) atoms. The van der Waals surface area contributed by atoms with Gasteiger partial charge in [-0.05, 0) is 70.3 Å². The number of carbonyl (C=O) groups excluding carboxylic acids is 3. The van der Waals surface area contributed by atoms with E-state index in [0.717, 1.165) is 6.07 Å². The molecule has 1 fully saturated rings. The average molecular weight is 582 g/mol. The van der Waals surface area contributed by atoms with Gasteiger partial charge < -0.3 is 31.5 Å². The molecule has 1 saturated carbocycles. The minimum atomic E-state index is -4.90. The lowest BCUT2D eigenvalue weighted by atomic mass is 9.57. The van der Waals surface area contributed by atoms with Gasteiger partial charge in [0.25, 0.3) is 5.91 Å². The number of phenols is 1. The molecule has 0 saturated heterocycles. The van der Waals surface area contributed by atoms with Gasteiger partial charge in [0.05, 0.1) is 17.2 Å². The van der Waals surface area contributed by atoms with Crippen molar-refractivity contribution in [3.8, 4) is 5.75 Å². The smallest absolute Gasteiger partial charge is 0.417 e. The van der Waals surface area contributed by atoms with E-state index in [4.69, 9.17) is 5.73 Å². The van der Waals surface area contributed by atoms with E-state index >= 15 is 0 Å². The number of rotatable bonds is 6. The van der Waals surface area contributed by atoms with E-state index in [9.17, 15) is 48.0 Å². The number of hydrogen-bond donors (Lipinski definition) is 6. The maximum Gasteiger partial charge on any atom is 0.417 e. The zero-order valence-electron chi connectivity index (χ0n) is 23.3. The SMILES string of the molecule is CCC(C)(C)NCc1cc(O)c2c(c1C(F)(F)F)C[C@H]1C[C@H]3[C@H](N(C)C)C(=O)C(C(N)=O)=C(O)[C@@]3(O)C(=O)C1=C2O. The highest BCUT2D eigenvalue weighted by atomic mass is 19.4. The lowest BCUT2D eigenvalue weighted by Gasteiger charge is -2.50. The lowest BCUT2D eigenvalue weighted by Crippen LogP contribution is -2.65. The summed E-state index contributed by atoms with van der Waals surface area (Å²) in [6, 6.07) is -0.457. The summed E-state index contributed by atoms with van der Waals surface area (Å²) in [7, 11) is 2.87. The number of benzene rings is 1. The minimum absolute atomic E-state index is 0.244. The van der Waals surface area contributed by atoms with E-state index in [1.54, 1.807) is 0 Å². The first-order valence-electron chi connectivity index (χ1n) is 13.1. The number of halogens is 3. The summed E-state index contributed by atoms with van der Waals surface area (Å²) >= 11 is 0. The molecular weight excluding hydrogens is 547 g/mol. The van der Waals surface area contributed by atoms with Crippen molar-refractivity contribution in [3.05, 3.63) is 45.2 Å². The predicted molar refractivity (Wildman–Crippen MR) is 140 cm³/mol. The van der Waals surface area contributed by atoms with E-state index < -0.39 is 104 Å². The molecule has 3 aliphatic carbocycles. The molecule has 10 nitrogen and oxygen atoms in total. The number of carbonyl (C=O) groups is 3. The second-order valence-corrected chi connectivity index (χ2v) is 11.8. The maximum atomic E-state index is 14.6. The van der Waals surface area contributed by atoms with Crippen molar-refractivity contribution in [2.75, 3.05) is 14.1 Å². The van der Waals surface area contributed by atoms with Gasteiger partial charge >= 0.3 is 6.18 Å². The van der Waals surface area contributed by atoms with Crippen molar-refractivity contribution in [1.82, 2.24) is 10.2 Å². The average Bonchev–Trinajstić information content (AvgIpc) is 2.83. The fourth-order valence-corrected chi connectivity index (χ4v) is 6.34. The van der Waals surface area contributed by atoms with Gasteiger partial charge in [-0.25, -0.2) is 0 Å². The second-order valence-electron chi connectivity index (χ2n) is 11.8. The fourth-order valence-electron chi connectivity index (χ4n) is 6.34. The Kier molecular flexibility index (Phi) is 7.33. The van der Waals surface area contributed by atoms with Gasteiger partial charge in [0.2, 0.25) is 5.78 Å². The number of likely N-dealkylation sites (N-methyl/N-ethyl adjacent to an activating group) is 1. The van der Waals surface area contributed by atoms with Crippen LogP contribution in [0.2, 0.25) is 0 Å². The zero-order chi connectivity index (χ0) is 31.0. The minimum Gasteiger partial charge on any atom is -0.508 e. The van der Waals surface area contributed by atoms with Crippen LogP contribution in [-0.4, -0.2) is 74.1 Å². The number of amides is 1. The first-order valence-corrected chi connectivity index (χ1v) is 13.1. The third-order valence-corrected chi connectivity index (χ3v) is 8.73. The van der Waals surface area contributed by atoms with Crippen molar-refractivity contribution in [2.45, 2.75) is 69.9 Å². The number of fused-ring (bicyclic) bond motifs is 3. The molecule has 0 spiro atoms. The molecule has 1 amide bonds. The topological polar surface area (TPSA) is 173 Å². The van der Waals surface area contributed by atoms with E-state index in [0.29, 0.717) is 6.42 Å². The molecule has 0 aromatic heterocycles. The molecule has 0 unspecified atom stereocenters. The van der Waals surface area contributed by atoms with Crippen molar-refractivity contribution in [2.24, 2.45) is 17.6 Å². The number of primary amides is 1. The summed E-state index contributed by atoms with van der Waals surface area (Å²) in [5, 5.41) is 47.6. The molecule has 13 heteroatoms. The highest BCUT2D eigenvalue weighted by Crippen LogP contribution is 2.54.